The molecular formula is C14H25N2O6P. The van der Waals surface area contributed by atoms with Crippen LogP contribution < -0.4 is 11.2 Å². The van der Waals surface area contributed by atoms with Crippen LogP contribution in [0.25, 0.3) is 0 Å². The van der Waals surface area contributed by atoms with E-state index in [9.17, 15) is 19.0 Å². The van der Waals surface area contributed by atoms with E-state index in [2.05, 4.69) is 4.98 Å². The lowest BCUT2D eigenvalue weighted by Gasteiger charge is -2.23. The summed E-state index contributed by atoms with van der Waals surface area (Å²) in [4.78, 5) is 35.5. The maximum atomic E-state index is 12.0. The molecule has 23 heavy (non-hydrogen) atoms. The van der Waals surface area contributed by atoms with Crippen molar-refractivity contribution in [3.05, 3.63) is 32.6 Å². The van der Waals surface area contributed by atoms with Gasteiger partial charge in [-0.2, -0.15) is 0 Å². The molecule has 1 aromatic rings. The van der Waals surface area contributed by atoms with Crippen molar-refractivity contribution >= 4 is 7.60 Å². The highest BCUT2D eigenvalue weighted by atomic mass is 31.2. The van der Waals surface area contributed by atoms with Crippen LogP contribution in [0.5, 0.6) is 0 Å². The SMILES string of the molecule is Cc1cn([C@@H](COC(C)C)COP(=O)(O)C(C)C)c(=O)[nH]c1=O. The summed E-state index contributed by atoms with van der Waals surface area (Å²) in [7, 11) is -3.77. The topological polar surface area (TPSA) is 111 Å². The summed E-state index contributed by atoms with van der Waals surface area (Å²) < 4.78 is 23.9. The van der Waals surface area contributed by atoms with Crippen LogP contribution in [0.2, 0.25) is 0 Å². The molecule has 0 bridgehead atoms. The number of aromatic amines is 1. The summed E-state index contributed by atoms with van der Waals surface area (Å²) in [5.74, 6) is 0. The fraction of sp³-hybridized carbons (Fsp3) is 0.714. The second kappa shape index (κ2) is 8.06. The molecule has 0 radical (unpaired) electrons. The van der Waals surface area contributed by atoms with Crippen LogP contribution in [0, 0.1) is 6.92 Å². The molecule has 1 heterocycles. The molecular weight excluding hydrogens is 323 g/mol. The zero-order valence-electron chi connectivity index (χ0n) is 14.1. The molecule has 0 aliphatic heterocycles. The third-order valence-electron chi connectivity index (χ3n) is 3.27. The molecule has 0 fully saturated rings. The van der Waals surface area contributed by atoms with E-state index in [0.29, 0.717) is 5.56 Å². The van der Waals surface area contributed by atoms with Crippen LogP contribution >= 0.6 is 7.60 Å². The molecule has 1 unspecified atom stereocenters. The number of nitrogens with one attached hydrogen (secondary N) is 1. The Hall–Kier alpha value is -1.21. The fourth-order valence-electron chi connectivity index (χ4n) is 1.71. The van der Waals surface area contributed by atoms with Gasteiger partial charge in [-0.1, -0.05) is 13.8 Å². The lowest BCUT2D eigenvalue weighted by Crippen LogP contribution is -2.37. The van der Waals surface area contributed by atoms with Crippen molar-refractivity contribution in [2.45, 2.75) is 52.4 Å². The molecule has 9 heteroatoms. The number of ether oxygens (including phenoxy) is 1. The van der Waals surface area contributed by atoms with Gasteiger partial charge in [0.05, 0.1) is 31.0 Å². The summed E-state index contributed by atoms with van der Waals surface area (Å²) in [5.41, 5.74) is -1.28. The third-order valence-corrected chi connectivity index (χ3v) is 5.09. The number of nitrogens with zero attached hydrogens (tertiary/aromatic N) is 1. The van der Waals surface area contributed by atoms with E-state index in [1.165, 1.54) is 10.8 Å². The molecule has 0 spiro atoms. The van der Waals surface area contributed by atoms with Crippen LogP contribution in [0.1, 0.15) is 39.3 Å². The van der Waals surface area contributed by atoms with Crippen molar-refractivity contribution < 1.29 is 18.7 Å². The molecule has 0 aliphatic rings. The third kappa shape index (κ3) is 5.73. The Morgan fingerprint density at radius 2 is 1.87 bits per heavy atom. The summed E-state index contributed by atoms with van der Waals surface area (Å²) >= 11 is 0. The lowest BCUT2D eigenvalue weighted by atomic mass is 10.3. The number of hydrogen-bond acceptors (Lipinski definition) is 5. The fourth-order valence-corrected chi connectivity index (χ4v) is 2.40. The summed E-state index contributed by atoms with van der Waals surface area (Å²) in [6.45, 7) is 8.34. The number of H-pyrrole nitrogens is 1. The van der Waals surface area contributed by atoms with E-state index in [4.69, 9.17) is 9.26 Å². The predicted octanol–water partition coefficient (Wildman–Crippen LogP) is 1.42. The molecule has 0 aliphatic carbocycles. The smallest absolute Gasteiger partial charge is 0.330 e. The minimum absolute atomic E-state index is 0.0805. The van der Waals surface area contributed by atoms with Gasteiger partial charge in [0.25, 0.3) is 5.56 Å². The first-order chi connectivity index (χ1) is 10.5. The van der Waals surface area contributed by atoms with Crippen LogP contribution in [-0.2, 0) is 13.8 Å². The number of aromatic nitrogens is 2. The van der Waals surface area contributed by atoms with Gasteiger partial charge in [0.2, 0.25) is 0 Å². The summed E-state index contributed by atoms with van der Waals surface area (Å²) in [6, 6.07) is -0.625. The van der Waals surface area contributed by atoms with Gasteiger partial charge in [0.1, 0.15) is 0 Å². The van der Waals surface area contributed by atoms with E-state index in [-0.39, 0.29) is 19.3 Å². The highest BCUT2D eigenvalue weighted by Gasteiger charge is 2.27. The van der Waals surface area contributed by atoms with E-state index in [0.717, 1.165) is 0 Å². The Labute approximate surface area is 135 Å². The highest BCUT2D eigenvalue weighted by molar-refractivity contribution is 7.53. The van der Waals surface area contributed by atoms with Gasteiger partial charge in [0, 0.05) is 11.8 Å². The number of hydrogen-bond donors (Lipinski definition) is 2. The molecule has 2 atom stereocenters. The van der Waals surface area contributed by atoms with Crippen LogP contribution in [0.15, 0.2) is 15.8 Å². The second-order valence-electron chi connectivity index (χ2n) is 5.97. The van der Waals surface area contributed by atoms with Crippen molar-refractivity contribution in [2.24, 2.45) is 0 Å². The van der Waals surface area contributed by atoms with Crippen molar-refractivity contribution in [3.8, 4) is 0 Å². The van der Waals surface area contributed by atoms with Crippen molar-refractivity contribution in [2.75, 3.05) is 13.2 Å². The Balaban J connectivity index is 3.06. The molecule has 0 saturated carbocycles. The quantitative estimate of drug-likeness (QED) is 0.688. The number of aryl methyl sites for hydroxylation is 1. The van der Waals surface area contributed by atoms with Gasteiger partial charge in [-0.3, -0.25) is 18.9 Å². The zero-order valence-corrected chi connectivity index (χ0v) is 15.0. The highest BCUT2D eigenvalue weighted by Crippen LogP contribution is 2.47. The van der Waals surface area contributed by atoms with Gasteiger partial charge in [-0.15, -0.1) is 0 Å². The standard InChI is InChI=1S/C14H25N2O6P/c1-9(2)21-7-12(8-22-23(19,20)10(3)4)16-6-11(5)13(17)15-14(16)18/h6,9-10,12H,7-8H2,1-5H3,(H,19,20)(H,15,17,18)/t12-/m0/s1. The largest absolute Gasteiger partial charge is 0.377 e. The molecule has 8 nitrogen and oxygen atoms in total. The molecule has 0 amide bonds. The van der Waals surface area contributed by atoms with Crippen molar-refractivity contribution in [1.82, 2.24) is 9.55 Å². The monoisotopic (exact) mass is 348 g/mol. The van der Waals surface area contributed by atoms with Crippen molar-refractivity contribution in [3.63, 3.8) is 0 Å². The molecule has 2 N–H and O–H groups in total. The lowest BCUT2D eigenvalue weighted by molar-refractivity contribution is 0.0382. The Bertz CT molecular complexity index is 679. The minimum atomic E-state index is -3.77. The average molecular weight is 348 g/mol. The normalized spacial score (nSPS) is 15.8. The maximum Gasteiger partial charge on any atom is 0.330 e. The Morgan fingerprint density at radius 3 is 2.39 bits per heavy atom. The van der Waals surface area contributed by atoms with Crippen LogP contribution in [0.4, 0.5) is 0 Å². The molecule has 1 aromatic heterocycles. The molecule has 0 aromatic carbocycles. The van der Waals surface area contributed by atoms with Gasteiger partial charge in [-0.25, -0.2) is 4.79 Å². The van der Waals surface area contributed by atoms with E-state index in [1.54, 1.807) is 20.8 Å². The first kappa shape index (κ1) is 19.8. The number of rotatable bonds is 8. The molecule has 0 saturated heterocycles. The van der Waals surface area contributed by atoms with Gasteiger partial charge in [0.15, 0.2) is 0 Å². The summed E-state index contributed by atoms with van der Waals surface area (Å²) in [5, 5.41) is 0. The molecule has 1 rings (SSSR count). The molecule has 132 valence electrons. The van der Waals surface area contributed by atoms with Gasteiger partial charge in [-0.05, 0) is 20.8 Å². The summed E-state index contributed by atoms with van der Waals surface area (Å²) in [6.07, 6.45) is 1.32. The van der Waals surface area contributed by atoms with Crippen molar-refractivity contribution in [1.29, 1.82) is 0 Å². The maximum absolute atomic E-state index is 12.0. The van der Waals surface area contributed by atoms with Gasteiger partial charge >= 0.3 is 13.3 Å². The van der Waals surface area contributed by atoms with Crippen LogP contribution in [0.3, 0.4) is 0 Å². The van der Waals surface area contributed by atoms with E-state index >= 15 is 0 Å². The van der Waals surface area contributed by atoms with Gasteiger partial charge < -0.3 is 14.2 Å². The minimum Gasteiger partial charge on any atom is -0.377 e. The first-order valence-electron chi connectivity index (χ1n) is 7.45. The average Bonchev–Trinajstić information content (AvgIpc) is 2.43. The Morgan fingerprint density at radius 1 is 1.26 bits per heavy atom. The first-order valence-corrected chi connectivity index (χ1v) is 9.10. The van der Waals surface area contributed by atoms with Crippen LogP contribution in [-0.4, -0.2) is 39.4 Å². The van der Waals surface area contributed by atoms with E-state index < -0.39 is 30.5 Å². The zero-order chi connectivity index (χ0) is 17.8. The Kier molecular flexibility index (Phi) is 6.95. The van der Waals surface area contributed by atoms with E-state index in [1.807, 2.05) is 13.8 Å². The predicted molar refractivity (Wildman–Crippen MR) is 87.1 cm³/mol. The second-order valence-corrected chi connectivity index (χ2v) is 8.39.